The van der Waals surface area contributed by atoms with Gasteiger partial charge in [-0.05, 0) is 24.5 Å². The number of pyridine rings is 1. The van der Waals surface area contributed by atoms with Crippen LogP contribution in [0.15, 0.2) is 18.3 Å². The minimum absolute atomic E-state index is 0.265. The molecule has 3 heteroatoms. The average molecular weight is 180 g/mol. The van der Waals surface area contributed by atoms with Crippen molar-refractivity contribution >= 4 is 5.82 Å². The average Bonchev–Trinajstić information content (AvgIpc) is 2.92. The van der Waals surface area contributed by atoms with Crippen molar-refractivity contribution in [3.05, 3.63) is 24.1 Å². The number of rotatable bonds is 4. The van der Waals surface area contributed by atoms with E-state index in [2.05, 4.69) is 10.3 Å². The lowest BCUT2D eigenvalue weighted by Crippen LogP contribution is -2.05. The van der Waals surface area contributed by atoms with Crippen molar-refractivity contribution in [1.82, 2.24) is 4.98 Å². The van der Waals surface area contributed by atoms with Crippen LogP contribution in [0.5, 0.6) is 0 Å². The quantitative estimate of drug-likeness (QED) is 0.769. The molecule has 1 aromatic heterocycles. The third kappa shape index (κ3) is 2.41. The second-order valence-corrected chi connectivity index (χ2v) is 3.49. The van der Waals surface area contributed by atoms with Gasteiger partial charge in [0, 0.05) is 12.7 Å². The molecule has 0 amide bonds. The second-order valence-electron chi connectivity index (χ2n) is 3.49. The maximum absolute atomic E-state index is 13.0. The number of halogens is 1. The van der Waals surface area contributed by atoms with Crippen molar-refractivity contribution in [3.8, 4) is 0 Å². The van der Waals surface area contributed by atoms with Gasteiger partial charge in [-0.2, -0.15) is 0 Å². The highest BCUT2D eigenvalue weighted by Gasteiger charge is 2.20. The monoisotopic (exact) mass is 180 g/mol. The maximum Gasteiger partial charge on any atom is 0.165 e. The molecule has 13 heavy (non-hydrogen) atoms. The van der Waals surface area contributed by atoms with Gasteiger partial charge >= 0.3 is 0 Å². The molecule has 2 nitrogen and oxygen atoms in total. The Kier molecular flexibility index (Phi) is 2.43. The fourth-order valence-corrected chi connectivity index (χ4v) is 1.32. The molecule has 0 radical (unpaired) electrons. The highest BCUT2D eigenvalue weighted by Crippen LogP contribution is 2.32. The van der Waals surface area contributed by atoms with E-state index in [1.165, 1.54) is 18.9 Å². The van der Waals surface area contributed by atoms with Gasteiger partial charge in [0.05, 0.1) is 0 Å². The molecular weight excluding hydrogens is 167 g/mol. The smallest absolute Gasteiger partial charge is 0.165 e. The van der Waals surface area contributed by atoms with Gasteiger partial charge in [0.1, 0.15) is 0 Å². The third-order valence-corrected chi connectivity index (χ3v) is 2.30. The molecule has 1 N–H and O–H groups in total. The van der Waals surface area contributed by atoms with E-state index in [1.54, 1.807) is 12.3 Å². The fraction of sp³-hybridized carbons (Fsp3) is 0.500. The Morgan fingerprint density at radius 2 is 2.38 bits per heavy atom. The summed E-state index contributed by atoms with van der Waals surface area (Å²) in [7, 11) is 0. The molecule has 1 aromatic rings. The van der Waals surface area contributed by atoms with Crippen molar-refractivity contribution < 1.29 is 4.39 Å². The van der Waals surface area contributed by atoms with Crippen molar-refractivity contribution in [2.24, 2.45) is 5.92 Å². The van der Waals surface area contributed by atoms with E-state index in [4.69, 9.17) is 0 Å². The lowest BCUT2D eigenvalue weighted by atomic mass is 10.3. The Morgan fingerprint density at radius 1 is 1.54 bits per heavy atom. The first kappa shape index (κ1) is 8.48. The summed E-state index contributed by atoms with van der Waals surface area (Å²) in [6.45, 7) is 0.832. The van der Waals surface area contributed by atoms with Crippen LogP contribution in [0.2, 0.25) is 0 Å². The number of anilines is 1. The zero-order valence-electron chi connectivity index (χ0n) is 7.46. The van der Waals surface area contributed by atoms with Crippen LogP contribution in [0.1, 0.15) is 19.3 Å². The summed E-state index contributed by atoms with van der Waals surface area (Å²) in [4.78, 5) is 3.91. The largest absolute Gasteiger partial charge is 0.368 e. The standard InChI is InChI=1S/C10H13FN2/c11-9-2-1-6-12-10(9)13-7-5-8-3-4-8/h1-2,6,8H,3-5,7H2,(H,12,13). The molecule has 1 aliphatic carbocycles. The topological polar surface area (TPSA) is 24.9 Å². The van der Waals surface area contributed by atoms with Crippen LogP contribution in [-0.4, -0.2) is 11.5 Å². The Hall–Kier alpha value is -1.12. The van der Waals surface area contributed by atoms with Gasteiger partial charge in [-0.25, -0.2) is 9.37 Å². The zero-order chi connectivity index (χ0) is 9.10. The van der Waals surface area contributed by atoms with Crippen LogP contribution < -0.4 is 5.32 Å². The Balaban J connectivity index is 1.82. The van der Waals surface area contributed by atoms with Crippen LogP contribution in [-0.2, 0) is 0 Å². The molecule has 1 saturated carbocycles. The number of nitrogens with one attached hydrogen (secondary N) is 1. The first-order valence-electron chi connectivity index (χ1n) is 4.70. The predicted octanol–water partition coefficient (Wildman–Crippen LogP) is 2.43. The summed E-state index contributed by atoms with van der Waals surface area (Å²) in [6, 6.07) is 3.02. The number of aromatic nitrogens is 1. The summed E-state index contributed by atoms with van der Waals surface area (Å²) in [5, 5.41) is 3.00. The zero-order valence-corrected chi connectivity index (χ0v) is 7.46. The fourth-order valence-electron chi connectivity index (χ4n) is 1.32. The summed E-state index contributed by atoms with van der Waals surface area (Å²) in [5.74, 6) is 0.987. The lowest BCUT2D eigenvalue weighted by Gasteiger charge is -2.04. The molecule has 1 aliphatic rings. The molecule has 0 spiro atoms. The van der Waals surface area contributed by atoms with E-state index in [0.29, 0.717) is 5.82 Å². The second kappa shape index (κ2) is 3.73. The van der Waals surface area contributed by atoms with Crippen molar-refractivity contribution in [3.63, 3.8) is 0 Å². The molecule has 2 rings (SSSR count). The van der Waals surface area contributed by atoms with E-state index in [0.717, 1.165) is 18.9 Å². The maximum atomic E-state index is 13.0. The molecule has 70 valence electrons. The predicted molar refractivity (Wildman–Crippen MR) is 50.0 cm³/mol. The van der Waals surface area contributed by atoms with Crippen LogP contribution in [0.3, 0.4) is 0 Å². The van der Waals surface area contributed by atoms with Crippen molar-refractivity contribution in [1.29, 1.82) is 0 Å². The summed E-state index contributed by atoms with van der Waals surface area (Å²) in [6.07, 6.45) is 5.41. The molecule has 1 fully saturated rings. The van der Waals surface area contributed by atoms with Crippen LogP contribution >= 0.6 is 0 Å². The van der Waals surface area contributed by atoms with Crippen LogP contribution in [0, 0.1) is 11.7 Å². The molecule has 1 heterocycles. The van der Waals surface area contributed by atoms with E-state index < -0.39 is 0 Å². The van der Waals surface area contributed by atoms with E-state index in [9.17, 15) is 4.39 Å². The summed E-state index contributed by atoms with van der Waals surface area (Å²) >= 11 is 0. The van der Waals surface area contributed by atoms with E-state index in [1.807, 2.05) is 0 Å². The van der Waals surface area contributed by atoms with Gasteiger partial charge in [0.25, 0.3) is 0 Å². The van der Waals surface area contributed by atoms with Gasteiger partial charge < -0.3 is 5.32 Å². The Labute approximate surface area is 77.2 Å². The molecule has 0 saturated heterocycles. The Morgan fingerprint density at radius 3 is 3.08 bits per heavy atom. The van der Waals surface area contributed by atoms with Crippen molar-refractivity contribution in [2.75, 3.05) is 11.9 Å². The van der Waals surface area contributed by atoms with E-state index in [-0.39, 0.29) is 5.82 Å². The first-order chi connectivity index (χ1) is 6.36. The lowest BCUT2D eigenvalue weighted by molar-refractivity contribution is 0.622. The van der Waals surface area contributed by atoms with E-state index >= 15 is 0 Å². The van der Waals surface area contributed by atoms with Gasteiger partial charge in [0.2, 0.25) is 0 Å². The summed E-state index contributed by atoms with van der Waals surface area (Å²) < 4.78 is 13.0. The highest BCUT2D eigenvalue weighted by atomic mass is 19.1. The first-order valence-corrected chi connectivity index (χ1v) is 4.70. The normalized spacial score (nSPS) is 15.8. The highest BCUT2D eigenvalue weighted by molar-refractivity contribution is 5.35. The molecule has 0 atom stereocenters. The molecular formula is C10H13FN2. The molecule has 0 unspecified atom stereocenters. The number of nitrogens with zero attached hydrogens (tertiary/aromatic N) is 1. The minimum Gasteiger partial charge on any atom is -0.368 e. The summed E-state index contributed by atoms with van der Waals surface area (Å²) in [5.41, 5.74) is 0. The molecule has 0 aromatic carbocycles. The van der Waals surface area contributed by atoms with Gasteiger partial charge in [-0.3, -0.25) is 0 Å². The van der Waals surface area contributed by atoms with Gasteiger partial charge in [0.15, 0.2) is 11.6 Å². The third-order valence-electron chi connectivity index (χ3n) is 2.30. The molecule has 0 bridgehead atoms. The Bertz CT molecular complexity index is 284. The van der Waals surface area contributed by atoms with Crippen molar-refractivity contribution in [2.45, 2.75) is 19.3 Å². The van der Waals surface area contributed by atoms with Gasteiger partial charge in [-0.1, -0.05) is 12.8 Å². The number of hydrogen-bond donors (Lipinski definition) is 1. The SMILES string of the molecule is Fc1cccnc1NCCC1CC1. The number of hydrogen-bond acceptors (Lipinski definition) is 2. The van der Waals surface area contributed by atoms with Crippen LogP contribution in [0.4, 0.5) is 10.2 Å². The molecule has 0 aliphatic heterocycles. The van der Waals surface area contributed by atoms with Gasteiger partial charge in [-0.15, -0.1) is 0 Å². The van der Waals surface area contributed by atoms with Crippen LogP contribution in [0.25, 0.3) is 0 Å². The minimum atomic E-state index is -0.265.